The molecule has 0 aliphatic rings. The van der Waals surface area contributed by atoms with Crippen LogP contribution in [-0.2, 0) is 13.1 Å². The van der Waals surface area contributed by atoms with E-state index in [1.807, 2.05) is 76.2 Å². The summed E-state index contributed by atoms with van der Waals surface area (Å²) in [7, 11) is 0. The second-order valence-corrected chi connectivity index (χ2v) is 9.95. The first-order valence-corrected chi connectivity index (χ1v) is 13.4. The van der Waals surface area contributed by atoms with Crippen molar-refractivity contribution in [2.75, 3.05) is 9.80 Å². The number of aromatic nitrogens is 4. The predicted molar refractivity (Wildman–Crippen MR) is 161 cm³/mol. The quantitative estimate of drug-likeness (QED) is 0.215. The number of carboxylic acids is 1. The number of carbonyl (C=O) groups is 1. The van der Waals surface area contributed by atoms with Crippen LogP contribution in [0.3, 0.4) is 0 Å². The van der Waals surface area contributed by atoms with E-state index in [1.165, 1.54) is 0 Å². The molecule has 0 saturated carbocycles. The molecule has 0 aliphatic heterocycles. The molecule has 0 radical (unpaired) electrons. The van der Waals surface area contributed by atoms with Crippen LogP contribution in [0.25, 0.3) is 0 Å². The standard InChI is InChI=1S/C33H32N6O2/c1-22-29(9-5-13-34-22)38(30-10-6-14-35-23(30)2)20-26-17-27(19-28(18-26)33(40)41)21-39(31-11-7-15-36-24(31)3)32-12-8-16-37-25(32)4/h5-19H,20-21H2,1-4H3,(H,40,41). The molecular weight excluding hydrogens is 512 g/mol. The minimum atomic E-state index is -0.976. The highest BCUT2D eigenvalue weighted by atomic mass is 16.4. The molecular formula is C33H32N6O2. The van der Waals surface area contributed by atoms with Gasteiger partial charge in [0.05, 0.1) is 51.1 Å². The van der Waals surface area contributed by atoms with E-state index < -0.39 is 5.97 Å². The van der Waals surface area contributed by atoms with Gasteiger partial charge >= 0.3 is 5.97 Å². The molecule has 8 heteroatoms. The van der Waals surface area contributed by atoms with Crippen LogP contribution in [0.4, 0.5) is 22.7 Å². The summed E-state index contributed by atoms with van der Waals surface area (Å²) in [5, 5.41) is 10.1. The Morgan fingerprint density at radius 2 is 0.902 bits per heavy atom. The van der Waals surface area contributed by atoms with Crippen LogP contribution in [0.1, 0.15) is 44.3 Å². The Balaban J connectivity index is 1.60. The number of hydrogen-bond donors (Lipinski definition) is 1. The second kappa shape index (κ2) is 12.0. The van der Waals surface area contributed by atoms with Crippen molar-refractivity contribution >= 4 is 28.7 Å². The van der Waals surface area contributed by atoms with Crippen LogP contribution in [0.15, 0.2) is 91.5 Å². The van der Waals surface area contributed by atoms with Gasteiger partial charge in [0.2, 0.25) is 0 Å². The maximum Gasteiger partial charge on any atom is 0.335 e. The number of nitrogens with zero attached hydrogens (tertiary/aromatic N) is 6. The molecule has 4 heterocycles. The zero-order valence-corrected chi connectivity index (χ0v) is 23.6. The third-order valence-corrected chi connectivity index (χ3v) is 7.06. The smallest absolute Gasteiger partial charge is 0.335 e. The lowest BCUT2D eigenvalue weighted by atomic mass is 10.0. The second-order valence-electron chi connectivity index (χ2n) is 9.95. The number of anilines is 4. The molecule has 1 N–H and O–H groups in total. The van der Waals surface area contributed by atoms with Crippen LogP contribution in [0, 0.1) is 27.7 Å². The molecule has 0 amide bonds. The summed E-state index contributed by atoms with van der Waals surface area (Å²) in [6, 6.07) is 21.3. The molecule has 0 saturated heterocycles. The lowest BCUT2D eigenvalue weighted by molar-refractivity contribution is 0.0696. The van der Waals surface area contributed by atoms with Gasteiger partial charge < -0.3 is 14.9 Å². The first-order chi connectivity index (χ1) is 19.8. The third kappa shape index (κ3) is 6.06. The number of aryl methyl sites for hydroxylation is 4. The van der Waals surface area contributed by atoms with Crippen molar-refractivity contribution in [3.8, 4) is 0 Å². The lowest BCUT2D eigenvalue weighted by Crippen LogP contribution is -2.21. The Kier molecular flexibility index (Phi) is 8.01. The van der Waals surface area contributed by atoms with Crippen molar-refractivity contribution in [3.63, 3.8) is 0 Å². The van der Waals surface area contributed by atoms with Crippen molar-refractivity contribution in [2.24, 2.45) is 0 Å². The van der Waals surface area contributed by atoms with E-state index in [9.17, 15) is 9.90 Å². The van der Waals surface area contributed by atoms with Crippen molar-refractivity contribution in [1.29, 1.82) is 0 Å². The maximum absolute atomic E-state index is 12.3. The molecule has 41 heavy (non-hydrogen) atoms. The highest BCUT2D eigenvalue weighted by molar-refractivity contribution is 5.88. The Bertz CT molecular complexity index is 1500. The van der Waals surface area contributed by atoms with Crippen LogP contribution in [0.5, 0.6) is 0 Å². The minimum Gasteiger partial charge on any atom is -0.478 e. The fourth-order valence-electron chi connectivity index (χ4n) is 5.08. The van der Waals surface area contributed by atoms with Gasteiger partial charge in [-0.25, -0.2) is 4.79 Å². The molecule has 1 aromatic carbocycles. The molecule has 0 fully saturated rings. The van der Waals surface area contributed by atoms with E-state index in [0.717, 1.165) is 56.7 Å². The van der Waals surface area contributed by atoms with Crippen molar-refractivity contribution < 1.29 is 9.90 Å². The maximum atomic E-state index is 12.3. The van der Waals surface area contributed by atoms with E-state index in [4.69, 9.17) is 0 Å². The number of aromatic carboxylic acids is 1. The van der Waals surface area contributed by atoms with Gasteiger partial charge in [-0.3, -0.25) is 19.9 Å². The topological polar surface area (TPSA) is 95.3 Å². The van der Waals surface area contributed by atoms with E-state index in [1.54, 1.807) is 36.9 Å². The van der Waals surface area contributed by atoms with Crippen LogP contribution < -0.4 is 9.80 Å². The third-order valence-electron chi connectivity index (χ3n) is 7.06. The van der Waals surface area contributed by atoms with Gasteiger partial charge in [-0.2, -0.15) is 0 Å². The number of pyridine rings is 4. The van der Waals surface area contributed by atoms with Crippen LogP contribution >= 0.6 is 0 Å². The molecule has 0 aliphatic carbocycles. The van der Waals surface area contributed by atoms with Crippen molar-refractivity contribution in [2.45, 2.75) is 40.8 Å². The monoisotopic (exact) mass is 544 g/mol. The normalized spacial score (nSPS) is 10.8. The molecule has 0 spiro atoms. The first kappa shape index (κ1) is 27.5. The summed E-state index contributed by atoms with van der Waals surface area (Å²) in [5.41, 5.74) is 9.17. The summed E-state index contributed by atoms with van der Waals surface area (Å²) < 4.78 is 0. The molecule has 5 rings (SSSR count). The molecule has 0 unspecified atom stereocenters. The van der Waals surface area contributed by atoms with E-state index >= 15 is 0 Å². The van der Waals surface area contributed by atoms with Gasteiger partial charge in [0.15, 0.2) is 0 Å². The SMILES string of the molecule is Cc1ncccc1N(Cc1cc(CN(c2cccnc2C)c2cccnc2C)cc(C(=O)O)c1)c1cccnc1C. The molecule has 206 valence electrons. The average molecular weight is 545 g/mol. The lowest BCUT2D eigenvalue weighted by Gasteiger charge is -2.29. The van der Waals surface area contributed by atoms with Gasteiger partial charge in [-0.1, -0.05) is 6.07 Å². The molecule has 5 aromatic rings. The number of rotatable bonds is 9. The minimum absolute atomic E-state index is 0.231. The molecule has 0 bridgehead atoms. The predicted octanol–water partition coefficient (Wildman–Crippen LogP) is 6.88. The highest BCUT2D eigenvalue weighted by Crippen LogP contribution is 2.33. The molecule has 8 nitrogen and oxygen atoms in total. The van der Waals surface area contributed by atoms with E-state index in [0.29, 0.717) is 13.1 Å². The summed E-state index contributed by atoms with van der Waals surface area (Å²) >= 11 is 0. The zero-order chi connectivity index (χ0) is 28.9. The highest BCUT2D eigenvalue weighted by Gasteiger charge is 2.20. The van der Waals surface area contributed by atoms with Gasteiger partial charge in [0.1, 0.15) is 0 Å². The molecule has 4 aromatic heterocycles. The van der Waals surface area contributed by atoms with E-state index in [2.05, 4.69) is 35.8 Å². The summed E-state index contributed by atoms with van der Waals surface area (Å²) in [6.45, 7) is 8.75. The first-order valence-electron chi connectivity index (χ1n) is 13.4. The Morgan fingerprint density at radius 3 is 1.17 bits per heavy atom. The Labute approximate surface area is 240 Å². The fourth-order valence-corrected chi connectivity index (χ4v) is 5.08. The van der Waals surface area contributed by atoms with Crippen molar-refractivity contribution in [1.82, 2.24) is 19.9 Å². The van der Waals surface area contributed by atoms with Crippen LogP contribution in [-0.4, -0.2) is 31.0 Å². The summed E-state index contributed by atoms with van der Waals surface area (Å²) in [4.78, 5) is 34.6. The van der Waals surface area contributed by atoms with Gasteiger partial charge in [0.25, 0.3) is 0 Å². The fraction of sp³-hybridized carbons (Fsp3) is 0.182. The average Bonchev–Trinajstić information content (AvgIpc) is 2.96. The van der Waals surface area contributed by atoms with Gasteiger partial charge in [-0.05, 0) is 99.5 Å². The number of hydrogen-bond acceptors (Lipinski definition) is 7. The summed E-state index contributed by atoms with van der Waals surface area (Å²) in [6.07, 6.45) is 7.08. The van der Waals surface area contributed by atoms with Crippen molar-refractivity contribution in [3.05, 3.63) is 131 Å². The number of carboxylic acid groups (broad SMARTS) is 1. The largest absolute Gasteiger partial charge is 0.478 e. The zero-order valence-electron chi connectivity index (χ0n) is 23.6. The van der Waals surface area contributed by atoms with Gasteiger partial charge in [0, 0.05) is 37.9 Å². The van der Waals surface area contributed by atoms with Crippen LogP contribution in [0.2, 0.25) is 0 Å². The number of benzene rings is 1. The van der Waals surface area contributed by atoms with Gasteiger partial charge in [-0.15, -0.1) is 0 Å². The van der Waals surface area contributed by atoms with E-state index in [-0.39, 0.29) is 5.56 Å². The Morgan fingerprint density at radius 1 is 0.585 bits per heavy atom. The Hall–Kier alpha value is -5.11. The summed E-state index contributed by atoms with van der Waals surface area (Å²) in [5.74, 6) is -0.976. The molecule has 0 atom stereocenters.